The minimum atomic E-state index is 0.466. The zero-order chi connectivity index (χ0) is 49.3. The minimum absolute atomic E-state index is 0.466. The topological polar surface area (TPSA) is 17.4 Å². The first-order chi connectivity index (χ1) is 36.0. The lowest BCUT2D eigenvalue weighted by molar-refractivity contribution is 0.340. The zero-order valence-electron chi connectivity index (χ0n) is 42.0. The maximum atomic E-state index is 5.86. The Hall–Kier alpha value is -8.40. The van der Waals surface area contributed by atoms with Crippen molar-refractivity contribution < 1.29 is 4.74 Å². The Morgan fingerprint density at radius 2 is 0.863 bits per heavy atom. The van der Waals surface area contributed by atoms with Crippen LogP contribution >= 0.6 is 0 Å². The van der Waals surface area contributed by atoms with Gasteiger partial charge in [0.2, 0.25) is 0 Å². The largest absolute Gasteiger partial charge is 0.494 e. The number of ether oxygens (including phenoxy) is 1. The molecule has 10 aromatic carbocycles. The van der Waals surface area contributed by atoms with E-state index in [1.54, 1.807) is 11.1 Å². The number of aryl methyl sites for hydroxylation is 2. The molecule has 0 radical (unpaired) electrons. The molecule has 0 fully saturated rings. The molecule has 0 saturated heterocycles. The van der Waals surface area contributed by atoms with Crippen LogP contribution in [0.3, 0.4) is 0 Å². The smallest absolute Gasteiger partial charge is 0.119 e. The van der Waals surface area contributed by atoms with Crippen LogP contribution < -0.4 is 9.64 Å². The van der Waals surface area contributed by atoms with Crippen LogP contribution in [0.5, 0.6) is 5.75 Å². The number of rotatable bonds is 15. The van der Waals surface area contributed by atoms with Gasteiger partial charge in [-0.1, -0.05) is 166 Å². The molecule has 0 saturated carbocycles. The van der Waals surface area contributed by atoms with E-state index in [0.29, 0.717) is 18.4 Å². The van der Waals surface area contributed by atoms with Gasteiger partial charge in [0.1, 0.15) is 5.75 Å². The summed E-state index contributed by atoms with van der Waals surface area (Å²) in [6, 6.07) is 87.1. The molecule has 0 spiro atoms. The average molecular weight is 945 g/mol. The average Bonchev–Trinajstić information content (AvgIpc) is 3.77. The Morgan fingerprint density at radius 3 is 1.32 bits per heavy atom. The summed E-state index contributed by atoms with van der Waals surface area (Å²) in [5.74, 6) is 1.91. The quantitative estimate of drug-likeness (QED) is 0.102. The Balaban J connectivity index is 0.883. The molecule has 1 aromatic heterocycles. The molecule has 3 nitrogen and oxygen atoms in total. The molecule has 0 amide bonds. The predicted molar refractivity (Wildman–Crippen MR) is 308 cm³/mol. The van der Waals surface area contributed by atoms with E-state index in [0.717, 1.165) is 41.3 Å². The first kappa shape index (κ1) is 45.7. The van der Waals surface area contributed by atoms with Crippen molar-refractivity contribution in [3.8, 4) is 55.9 Å². The Labute approximate surface area is 430 Å². The number of anilines is 3. The molecular formula is C70H60N2O. The molecule has 0 aliphatic heterocycles. The van der Waals surface area contributed by atoms with E-state index in [-0.39, 0.29) is 0 Å². The fourth-order valence-electron chi connectivity index (χ4n) is 11.2. The molecule has 356 valence electrons. The van der Waals surface area contributed by atoms with Crippen molar-refractivity contribution in [3.63, 3.8) is 0 Å². The van der Waals surface area contributed by atoms with Crippen molar-refractivity contribution in [2.45, 2.75) is 58.3 Å². The van der Waals surface area contributed by atoms with E-state index in [9.17, 15) is 0 Å². The summed E-state index contributed by atoms with van der Waals surface area (Å²) in [7, 11) is 0. The van der Waals surface area contributed by atoms with Gasteiger partial charge < -0.3 is 14.2 Å². The molecule has 73 heavy (non-hydrogen) atoms. The third kappa shape index (κ3) is 9.13. The molecule has 2 unspecified atom stereocenters. The van der Waals surface area contributed by atoms with E-state index >= 15 is 0 Å². The number of hydrogen-bond donors (Lipinski definition) is 0. The summed E-state index contributed by atoms with van der Waals surface area (Å²) < 4.78 is 8.26. The van der Waals surface area contributed by atoms with Gasteiger partial charge in [-0.15, -0.1) is 0 Å². The number of hydrogen-bond acceptors (Lipinski definition) is 2. The van der Waals surface area contributed by atoms with Crippen molar-refractivity contribution >= 4 is 38.9 Å². The maximum absolute atomic E-state index is 5.86. The van der Waals surface area contributed by atoms with Crippen LogP contribution in [0, 0.1) is 0 Å². The Bertz CT molecular complexity index is 3590. The van der Waals surface area contributed by atoms with Crippen molar-refractivity contribution in [1.82, 2.24) is 4.57 Å². The molecule has 2 atom stereocenters. The fraction of sp³-hybridized carbons (Fsp3) is 0.143. The molecule has 1 aliphatic rings. The fourth-order valence-corrected chi connectivity index (χ4v) is 11.2. The van der Waals surface area contributed by atoms with E-state index in [4.69, 9.17) is 4.74 Å². The molecule has 11 aromatic rings. The highest BCUT2D eigenvalue weighted by atomic mass is 16.5. The second kappa shape index (κ2) is 20.0. The number of benzene rings is 10. The van der Waals surface area contributed by atoms with Gasteiger partial charge in [-0.3, -0.25) is 0 Å². The number of nitrogens with zero attached hydrogens (tertiary/aromatic N) is 2. The number of fused-ring (bicyclic) bond motifs is 4. The lowest BCUT2D eigenvalue weighted by Gasteiger charge is -2.26. The Kier molecular flexibility index (Phi) is 12.5. The van der Waals surface area contributed by atoms with Crippen LogP contribution in [-0.2, 0) is 12.8 Å². The highest BCUT2D eigenvalue weighted by Crippen LogP contribution is 2.41. The van der Waals surface area contributed by atoms with Crippen LogP contribution in [0.15, 0.2) is 237 Å². The van der Waals surface area contributed by atoms with E-state index in [2.05, 4.69) is 260 Å². The monoisotopic (exact) mass is 944 g/mol. The first-order valence-corrected chi connectivity index (χ1v) is 26.2. The van der Waals surface area contributed by atoms with Gasteiger partial charge in [-0.25, -0.2) is 0 Å². The van der Waals surface area contributed by atoms with Gasteiger partial charge in [0.05, 0.1) is 17.6 Å². The normalized spacial score (nSPS) is 12.8. The number of aromatic nitrogens is 1. The van der Waals surface area contributed by atoms with Gasteiger partial charge >= 0.3 is 0 Å². The molecular weight excluding hydrogens is 885 g/mol. The summed E-state index contributed by atoms with van der Waals surface area (Å²) in [6.07, 6.45) is 4.79. The van der Waals surface area contributed by atoms with Gasteiger partial charge in [0.25, 0.3) is 0 Å². The Morgan fingerprint density at radius 1 is 0.425 bits per heavy atom. The molecule has 0 bridgehead atoms. The molecule has 1 heterocycles. The van der Waals surface area contributed by atoms with Crippen LogP contribution in [-0.4, -0.2) is 11.2 Å². The predicted octanol–water partition coefficient (Wildman–Crippen LogP) is 19.1. The third-order valence-corrected chi connectivity index (χ3v) is 15.4. The summed E-state index contributed by atoms with van der Waals surface area (Å²) in [6.45, 7) is 7.41. The highest BCUT2D eigenvalue weighted by Gasteiger charge is 2.21. The SMILES string of the molecule is CCOc1ccc(-n2c3ccc(-c4ccc(C(C)CC(CC)c5ccc6c(c5)CC6)cc4)cc3c3cc(-c4ccc(N(c5ccc(-c6ccccc6)cc5)c5ccc(-c6ccccc6)cc5)cc4)ccc32)cc1. The molecule has 3 heteroatoms. The van der Waals surface area contributed by atoms with Crippen LogP contribution in [0.2, 0.25) is 0 Å². The summed E-state index contributed by atoms with van der Waals surface area (Å²) in [4.78, 5) is 2.35. The van der Waals surface area contributed by atoms with E-state index in [1.165, 1.54) is 90.3 Å². The second-order valence-corrected chi connectivity index (χ2v) is 19.8. The summed E-state index contributed by atoms with van der Waals surface area (Å²) in [5.41, 5.74) is 22.4. The van der Waals surface area contributed by atoms with Crippen molar-refractivity contribution in [3.05, 3.63) is 259 Å². The van der Waals surface area contributed by atoms with Gasteiger partial charge in [0.15, 0.2) is 0 Å². The van der Waals surface area contributed by atoms with Crippen LogP contribution in [0.25, 0.3) is 72.0 Å². The highest BCUT2D eigenvalue weighted by molar-refractivity contribution is 6.11. The van der Waals surface area contributed by atoms with Crippen LogP contribution in [0.1, 0.15) is 67.7 Å². The molecule has 12 rings (SSSR count). The van der Waals surface area contributed by atoms with Crippen molar-refractivity contribution in [2.75, 3.05) is 11.5 Å². The van der Waals surface area contributed by atoms with Gasteiger partial charge in [0, 0.05) is 33.5 Å². The molecule has 1 aliphatic carbocycles. The standard InChI is InChI=1S/C70H60N2O/c1-4-49(58-22-20-55-21-23-59(55)45-58)44-48(3)50-16-18-56(19-17-50)60-30-42-69-67(46-60)68-47-61(31-43-70(68)72(69)65-38-40-66(41-39-65)73-5-2)57-28-36-64(37-29-57)71(62-32-24-53(25-33-62)51-12-8-6-9-13-51)63-34-26-54(27-35-63)52-14-10-7-11-15-52/h6-20,22,24-43,45-49H,4-5,21,23,44H2,1-3H3. The lowest BCUT2D eigenvalue weighted by atomic mass is 9.80. The third-order valence-electron chi connectivity index (χ3n) is 15.4. The van der Waals surface area contributed by atoms with Crippen molar-refractivity contribution in [2.24, 2.45) is 0 Å². The van der Waals surface area contributed by atoms with E-state index in [1.807, 2.05) is 6.92 Å². The van der Waals surface area contributed by atoms with Crippen molar-refractivity contribution in [1.29, 1.82) is 0 Å². The summed E-state index contributed by atoms with van der Waals surface area (Å²) in [5, 5.41) is 2.45. The second-order valence-electron chi connectivity index (χ2n) is 19.8. The zero-order valence-corrected chi connectivity index (χ0v) is 42.0. The summed E-state index contributed by atoms with van der Waals surface area (Å²) >= 11 is 0. The van der Waals surface area contributed by atoms with Crippen LogP contribution in [0.4, 0.5) is 17.1 Å². The first-order valence-electron chi connectivity index (χ1n) is 26.2. The van der Waals surface area contributed by atoms with E-state index < -0.39 is 0 Å². The van der Waals surface area contributed by atoms with Gasteiger partial charge in [-0.05, 0) is 196 Å². The minimum Gasteiger partial charge on any atom is -0.494 e. The maximum Gasteiger partial charge on any atom is 0.119 e. The van der Waals surface area contributed by atoms with Gasteiger partial charge in [-0.2, -0.15) is 0 Å². The lowest BCUT2D eigenvalue weighted by Crippen LogP contribution is -2.10. The molecule has 0 N–H and O–H groups in total.